The van der Waals surface area contributed by atoms with E-state index in [1.807, 2.05) is 24.3 Å². The van der Waals surface area contributed by atoms with Crippen LogP contribution < -0.4 is 10.1 Å². The summed E-state index contributed by atoms with van der Waals surface area (Å²) in [6, 6.07) is 8.09. The number of hydrogen-bond donors (Lipinski definition) is 1. The summed E-state index contributed by atoms with van der Waals surface area (Å²) in [5.41, 5.74) is 1.01. The van der Waals surface area contributed by atoms with Gasteiger partial charge in [0.2, 0.25) is 5.91 Å². The summed E-state index contributed by atoms with van der Waals surface area (Å²) in [5, 5.41) is 3.25. The second kappa shape index (κ2) is 6.69. The molecule has 0 bridgehead atoms. The number of carbonyl (C=O) groups is 1. The van der Waals surface area contributed by atoms with Crippen molar-refractivity contribution in [3.8, 4) is 5.75 Å². The van der Waals surface area contributed by atoms with E-state index in [0.717, 1.165) is 30.6 Å². The first-order valence-corrected chi connectivity index (χ1v) is 8.41. The molecular weight excluding hydrogens is 286 g/mol. The van der Waals surface area contributed by atoms with Crippen molar-refractivity contribution in [2.75, 3.05) is 12.5 Å². The highest BCUT2D eigenvalue weighted by molar-refractivity contribution is 6.18. The number of nitrogens with one attached hydrogen (secondary N) is 1. The molecule has 3 nitrogen and oxygen atoms in total. The third kappa shape index (κ3) is 3.18. The normalized spacial score (nSPS) is 28.3. The number of ether oxygens (including phenoxy) is 1. The highest BCUT2D eigenvalue weighted by atomic mass is 35.5. The fourth-order valence-corrected chi connectivity index (χ4v) is 3.85. The molecular formula is C17H22ClNO2. The van der Waals surface area contributed by atoms with Gasteiger partial charge in [0.1, 0.15) is 5.75 Å². The number of hydrogen-bond acceptors (Lipinski definition) is 2. The van der Waals surface area contributed by atoms with Crippen LogP contribution in [0.4, 0.5) is 0 Å². The Morgan fingerprint density at radius 1 is 1.24 bits per heavy atom. The first-order valence-electron chi connectivity index (χ1n) is 7.87. The highest BCUT2D eigenvalue weighted by Crippen LogP contribution is 2.34. The van der Waals surface area contributed by atoms with E-state index in [4.69, 9.17) is 16.3 Å². The van der Waals surface area contributed by atoms with Gasteiger partial charge in [0.05, 0.1) is 12.5 Å². The van der Waals surface area contributed by atoms with Crippen LogP contribution in [0, 0.1) is 5.92 Å². The molecule has 3 unspecified atom stereocenters. The van der Waals surface area contributed by atoms with Crippen molar-refractivity contribution in [2.45, 2.75) is 44.1 Å². The molecule has 2 aliphatic rings. The molecule has 4 heteroatoms. The molecule has 3 rings (SSSR count). The van der Waals surface area contributed by atoms with Crippen molar-refractivity contribution in [1.29, 1.82) is 0 Å². The third-order valence-corrected chi connectivity index (χ3v) is 5.11. The zero-order chi connectivity index (χ0) is 14.7. The highest BCUT2D eigenvalue weighted by Gasteiger charge is 2.31. The summed E-state index contributed by atoms with van der Waals surface area (Å²) < 4.78 is 5.64. The second-order valence-electron chi connectivity index (χ2n) is 6.04. The minimum atomic E-state index is -0.0900. The van der Waals surface area contributed by atoms with Gasteiger partial charge in [-0.3, -0.25) is 4.79 Å². The van der Waals surface area contributed by atoms with Gasteiger partial charge in [-0.2, -0.15) is 0 Å². The zero-order valence-corrected chi connectivity index (χ0v) is 12.9. The average Bonchev–Trinajstić information content (AvgIpc) is 2.54. The molecule has 1 heterocycles. The summed E-state index contributed by atoms with van der Waals surface area (Å²) in [7, 11) is 0. The lowest BCUT2D eigenvalue weighted by atomic mass is 9.84. The fraction of sp³-hybridized carbons (Fsp3) is 0.588. The molecule has 1 aromatic rings. The molecule has 1 saturated carbocycles. The van der Waals surface area contributed by atoms with Crippen LogP contribution in [0.5, 0.6) is 5.75 Å². The van der Waals surface area contributed by atoms with E-state index < -0.39 is 0 Å². The van der Waals surface area contributed by atoms with Gasteiger partial charge < -0.3 is 10.1 Å². The Hall–Kier alpha value is -1.22. The maximum Gasteiger partial charge on any atom is 0.228 e. The molecule has 1 aliphatic carbocycles. The topological polar surface area (TPSA) is 38.3 Å². The lowest BCUT2D eigenvalue weighted by molar-refractivity contribution is -0.124. The van der Waals surface area contributed by atoms with Gasteiger partial charge >= 0.3 is 0 Å². The van der Waals surface area contributed by atoms with E-state index in [2.05, 4.69) is 5.32 Å². The molecule has 0 saturated heterocycles. The van der Waals surface area contributed by atoms with Gasteiger partial charge in [-0.05, 0) is 31.2 Å². The maximum absolute atomic E-state index is 12.7. The van der Waals surface area contributed by atoms with E-state index in [1.54, 1.807) is 0 Å². The molecule has 1 N–H and O–H groups in total. The third-order valence-electron chi connectivity index (χ3n) is 4.71. The first-order chi connectivity index (χ1) is 10.3. The summed E-state index contributed by atoms with van der Waals surface area (Å²) in [6.07, 6.45) is 5.33. The number of alkyl halides is 1. The van der Waals surface area contributed by atoms with Crippen LogP contribution in [0.25, 0.3) is 0 Å². The van der Waals surface area contributed by atoms with E-state index in [1.165, 1.54) is 12.8 Å². The van der Waals surface area contributed by atoms with Gasteiger partial charge in [-0.1, -0.05) is 31.0 Å². The fourth-order valence-electron chi connectivity index (χ4n) is 3.48. The lowest BCUT2D eigenvalue weighted by Gasteiger charge is -2.33. The Labute approximate surface area is 131 Å². The van der Waals surface area contributed by atoms with E-state index >= 15 is 0 Å². The molecule has 0 radical (unpaired) electrons. The smallest absolute Gasteiger partial charge is 0.228 e. The molecule has 0 spiro atoms. The summed E-state index contributed by atoms with van der Waals surface area (Å²) in [5.74, 6) is 1.94. The molecule has 1 fully saturated rings. The minimum Gasteiger partial charge on any atom is -0.493 e. The lowest BCUT2D eigenvalue weighted by Crippen LogP contribution is -2.45. The molecule has 21 heavy (non-hydrogen) atoms. The van der Waals surface area contributed by atoms with Crippen molar-refractivity contribution in [3.05, 3.63) is 29.8 Å². The van der Waals surface area contributed by atoms with Crippen molar-refractivity contribution in [2.24, 2.45) is 5.92 Å². The zero-order valence-electron chi connectivity index (χ0n) is 12.2. The summed E-state index contributed by atoms with van der Waals surface area (Å²) in [4.78, 5) is 12.7. The van der Waals surface area contributed by atoms with Crippen LogP contribution >= 0.6 is 11.6 Å². The predicted octanol–water partition coefficient (Wildman–Crippen LogP) is 3.47. The van der Waals surface area contributed by atoms with Gasteiger partial charge in [0, 0.05) is 17.5 Å². The standard InChI is InChI=1S/C17H22ClNO2/c18-11-12-5-1-3-7-15(12)19-17(20)14-9-10-21-16-8-4-2-6-13(14)16/h2,4,6,8,12,14-15H,1,3,5,7,9-11H2,(H,19,20). The minimum absolute atomic E-state index is 0.0900. The van der Waals surface area contributed by atoms with Gasteiger partial charge in [0.15, 0.2) is 0 Å². The number of rotatable bonds is 3. The largest absolute Gasteiger partial charge is 0.493 e. The number of amides is 1. The van der Waals surface area contributed by atoms with Crippen LogP contribution in [-0.4, -0.2) is 24.4 Å². The Bertz CT molecular complexity index is 505. The van der Waals surface area contributed by atoms with Crippen molar-refractivity contribution in [1.82, 2.24) is 5.32 Å². The number of halogens is 1. The van der Waals surface area contributed by atoms with Gasteiger partial charge in [0.25, 0.3) is 0 Å². The average molecular weight is 308 g/mol. The second-order valence-corrected chi connectivity index (χ2v) is 6.35. The number of carbonyl (C=O) groups excluding carboxylic acids is 1. The van der Waals surface area contributed by atoms with E-state index in [9.17, 15) is 4.79 Å². The summed E-state index contributed by atoms with van der Waals surface area (Å²) >= 11 is 6.05. The van der Waals surface area contributed by atoms with E-state index in [-0.39, 0.29) is 17.9 Å². The Balaban J connectivity index is 1.71. The SMILES string of the molecule is O=C(NC1CCCCC1CCl)C1CCOc2ccccc21. The monoisotopic (exact) mass is 307 g/mol. The van der Waals surface area contributed by atoms with Crippen LogP contribution in [-0.2, 0) is 4.79 Å². The molecule has 1 amide bonds. The van der Waals surface area contributed by atoms with Crippen LogP contribution in [0.2, 0.25) is 0 Å². The van der Waals surface area contributed by atoms with Crippen LogP contribution in [0.1, 0.15) is 43.6 Å². The molecule has 114 valence electrons. The number of benzene rings is 1. The molecule has 1 aliphatic heterocycles. The van der Waals surface area contributed by atoms with Crippen molar-refractivity contribution in [3.63, 3.8) is 0 Å². The Kier molecular flexibility index (Phi) is 4.69. The van der Waals surface area contributed by atoms with Gasteiger partial charge in [-0.15, -0.1) is 11.6 Å². The Morgan fingerprint density at radius 3 is 2.90 bits per heavy atom. The molecule has 1 aromatic carbocycles. The van der Waals surface area contributed by atoms with Crippen molar-refractivity contribution < 1.29 is 9.53 Å². The number of para-hydroxylation sites is 1. The quantitative estimate of drug-likeness (QED) is 0.868. The predicted molar refractivity (Wildman–Crippen MR) is 83.9 cm³/mol. The Morgan fingerprint density at radius 2 is 2.05 bits per heavy atom. The number of fused-ring (bicyclic) bond motifs is 1. The van der Waals surface area contributed by atoms with Crippen molar-refractivity contribution >= 4 is 17.5 Å². The van der Waals surface area contributed by atoms with E-state index in [0.29, 0.717) is 18.4 Å². The summed E-state index contributed by atoms with van der Waals surface area (Å²) in [6.45, 7) is 0.610. The van der Waals surface area contributed by atoms with Crippen LogP contribution in [0.3, 0.4) is 0 Å². The molecule has 3 atom stereocenters. The van der Waals surface area contributed by atoms with Gasteiger partial charge in [-0.25, -0.2) is 0 Å². The van der Waals surface area contributed by atoms with Crippen LogP contribution in [0.15, 0.2) is 24.3 Å². The molecule has 0 aromatic heterocycles. The first kappa shape index (κ1) is 14.7. The maximum atomic E-state index is 12.7.